The molecule has 0 amide bonds. The summed E-state index contributed by atoms with van der Waals surface area (Å²) in [6.07, 6.45) is 8.39. The maximum atomic E-state index is 4.52. The van der Waals surface area contributed by atoms with Gasteiger partial charge in [0.1, 0.15) is 0 Å². The van der Waals surface area contributed by atoms with Gasteiger partial charge in [-0.05, 0) is 57.0 Å². The molecular formula is C16H31IN4. The molecule has 1 unspecified atom stereocenters. The Balaban J connectivity index is 0.00000161. The van der Waals surface area contributed by atoms with Gasteiger partial charge in [-0.25, -0.2) is 0 Å². The van der Waals surface area contributed by atoms with Crippen LogP contribution < -0.4 is 5.32 Å². The van der Waals surface area contributed by atoms with Gasteiger partial charge in [-0.3, -0.25) is 4.99 Å². The molecule has 2 saturated heterocycles. The SMILES string of the molecule is CN=C(NCC1CCCN(C)C1)N1CCC2(CCC2)C1.I. The quantitative estimate of drug-likeness (QED) is 0.434. The van der Waals surface area contributed by atoms with E-state index in [1.165, 1.54) is 64.7 Å². The number of hydrogen-bond acceptors (Lipinski definition) is 2. The Kier molecular flexibility index (Phi) is 6.17. The van der Waals surface area contributed by atoms with Gasteiger partial charge in [0, 0.05) is 33.2 Å². The minimum Gasteiger partial charge on any atom is -0.356 e. The van der Waals surface area contributed by atoms with Crippen LogP contribution in [0.1, 0.15) is 38.5 Å². The molecular weight excluding hydrogens is 375 g/mol. The predicted molar refractivity (Wildman–Crippen MR) is 99.5 cm³/mol. The zero-order chi connectivity index (χ0) is 14.0. The van der Waals surface area contributed by atoms with E-state index in [1.54, 1.807) is 0 Å². The lowest BCUT2D eigenvalue weighted by molar-refractivity contribution is 0.151. The Morgan fingerprint density at radius 3 is 2.62 bits per heavy atom. The molecule has 3 rings (SSSR count). The van der Waals surface area contributed by atoms with Crippen LogP contribution in [-0.2, 0) is 0 Å². The van der Waals surface area contributed by atoms with Crippen LogP contribution in [0.4, 0.5) is 0 Å². The molecule has 0 radical (unpaired) electrons. The van der Waals surface area contributed by atoms with Crippen molar-refractivity contribution in [3.05, 3.63) is 0 Å². The third-order valence-corrected chi connectivity index (χ3v) is 5.63. The number of piperidine rings is 1. The number of hydrogen-bond donors (Lipinski definition) is 1. The van der Waals surface area contributed by atoms with Crippen molar-refractivity contribution in [3.63, 3.8) is 0 Å². The number of halogens is 1. The molecule has 0 aromatic heterocycles. The van der Waals surface area contributed by atoms with Crippen LogP contribution in [0.25, 0.3) is 0 Å². The van der Waals surface area contributed by atoms with Gasteiger partial charge in [0.2, 0.25) is 0 Å². The van der Waals surface area contributed by atoms with Crippen LogP contribution in [0.5, 0.6) is 0 Å². The highest BCUT2D eigenvalue weighted by Gasteiger charge is 2.43. The van der Waals surface area contributed by atoms with Gasteiger partial charge >= 0.3 is 0 Å². The van der Waals surface area contributed by atoms with E-state index < -0.39 is 0 Å². The van der Waals surface area contributed by atoms with Crippen LogP contribution in [0.15, 0.2) is 4.99 Å². The molecule has 0 bridgehead atoms. The summed E-state index contributed by atoms with van der Waals surface area (Å²) in [5.41, 5.74) is 0.655. The molecule has 1 aliphatic carbocycles. The van der Waals surface area contributed by atoms with Crippen molar-refractivity contribution >= 4 is 29.9 Å². The molecule has 0 aromatic rings. The minimum atomic E-state index is 0. The highest BCUT2D eigenvalue weighted by molar-refractivity contribution is 14.0. The van der Waals surface area contributed by atoms with Crippen LogP contribution in [-0.4, -0.2) is 62.6 Å². The van der Waals surface area contributed by atoms with Crippen molar-refractivity contribution in [1.82, 2.24) is 15.1 Å². The van der Waals surface area contributed by atoms with Crippen molar-refractivity contribution in [2.75, 3.05) is 46.8 Å². The summed E-state index contributed by atoms with van der Waals surface area (Å²) in [4.78, 5) is 9.46. The summed E-state index contributed by atoms with van der Waals surface area (Å²) in [5.74, 6) is 1.92. The van der Waals surface area contributed by atoms with Crippen molar-refractivity contribution in [2.45, 2.75) is 38.5 Å². The molecule has 2 heterocycles. The van der Waals surface area contributed by atoms with Crippen LogP contribution >= 0.6 is 24.0 Å². The fourth-order valence-corrected chi connectivity index (χ4v) is 4.21. The van der Waals surface area contributed by atoms with E-state index in [0.717, 1.165) is 18.4 Å². The lowest BCUT2D eigenvalue weighted by Gasteiger charge is -2.38. The average molecular weight is 406 g/mol. The van der Waals surface area contributed by atoms with Gasteiger partial charge in [0.05, 0.1) is 0 Å². The fourth-order valence-electron chi connectivity index (χ4n) is 4.21. The second-order valence-electron chi connectivity index (χ2n) is 7.22. The summed E-state index contributed by atoms with van der Waals surface area (Å²) in [6.45, 7) is 6.01. The summed E-state index contributed by atoms with van der Waals surface area (Å²) < 4.78 is 0. The van der Waals surface area contributed by atoms with Gasteiger partial charge in [-0.15, -0.1) is 24.0 Å². The Labute approximate surface area is 146 Å². The maximum absolute atomic E-state index is 4.52. The number of nitrogens with zero attached hydrogens (tertiary/aromatic N) is 3. The number of nitrogens with one attached hydrogen (secondary N) is 1. The molecule has 1 saturated carbocycles. The van der Waals surface area contributed by atoms with E-state index >= 15 is 0 Å². The van der Waals surface area contributed by atoms with Gasteiger partial charge in [-0.1, -0.05) is 6.42 Å². The molecule has 0 aromatic carbocycles. The first kappa shape index (κ1) is 17.3. The van der Waals surface area contributed by atoms with E-state index in [0.29, 0.717) is 5.41 Å². The van der Waals surface area contributed by atoms with Crippen molar-refractivity contribution in [1.29, 1.82) is 0 Å². The van der Waals surface area contributed by atoms with Crippen LogP contribution in [0.2, 0.25) is 0 Å². The van der Waals surface area contributed by atoms with Crippen LogP contribution in [0, 0.1) is 11.3 Å². The van der Waals surface area contributed by atoms with E-state index in [-0.39, 0.29) is 24.0 Å². The normalized spacial score (nSPS) is 29.1. The third-order valence-electron chi connectivity index (χ3n) is 5.63. The second kappa shape index (κ2) is 7.49. The van der Waals surface area contributed by atoms with Crippen molar-refractivity contribution in [2.24, 2.45) is 16.3 Å². The largest absolute Gasteiger partial charge is 0.356 e. The van der Waals surface area contributed by atoms with E-state index in [1.807, 2.05) is 7.05 Å². The molecule has 2 aliphatic heterocycles. The fraction of sp³-hybridized carbons (Fsp3) is 0.938. The number of guanidine groups is 1. The first-order valence-electron chi connectivity index (χ1n) is 8.35. The average Bonchev–Trinajstić information content (AvgIpc) is 2.85. The highest BCUT2D eigenvalue weighted by atomic mass is 127. The molecule has 1 N–H and O–H groups in total. The topological polar surface area (TPSA) is 30.9 Å². The third kappa shape index (κ3) is 4.03. The maximum Gasteiger partial charge on any atom is 0.193 e. The first-order valence-corrected chi connectivity index (χ1v) is 8.35. The summed E-state index contributed by atoms with van der Waals surface area (Å²) in [5, 5.41) is 3.64. The monoisotopic (exact) mass is 406 g/mol. The minimum absolute atomic E-state index is 0. The van der Waals surface area contributed by atoms with Crippen molar-refractivity contribution < 1.29 is 0 Å². The molecule has 3 aliphatic rings. The molecule has 122 valence electrons. The zero-order valence-corrected chi connectivity index (χ0v) is 15.9. The Morgan fingerprint density at radius 2 is 2.05 bits per heavy atom. The molecule has 21 heavy (non-hydrogen) atoms. The summed E-state index contributed by atoms with van der Waals surface area (Å²) >= 11 is 0. The molecule has 4 nitrogen and oxygen atoms in total. The van der Waals surface area contributed by atoms with Gasteiger partial charge in [-0.2, -0.15) is 0 Å². The number of rotatable bonds is 2. The Hall–Kier alpha value is -0.0400. The van der Waals surface area contributed by atoms with Gasteiger partial charge < -0.3 is 15.1 Å². The number of aliphatic imine (C=N–C) groups is 1. The highest BCUT2D eigenvalue weighted by Crippen LogP contribution is 2.47. The lowest BCUT2D eigenvalue weighted by atomic mass is 9.68. The molecule has 3 fully saturated rings. The molecule has 1 atom stereocenters. The van der Waals surface area contributed by atoms with E-state index in [4.69, 9.17) is 0 Å². The zero-order valence-electron chi connectivity index (χ0n) is 13.6. The molecule has 5 heteroatoms. The van der Waals surface area contributed by atoms with Gasteiger partial charge in [0.15, 0.2) is 5.96 Å². The second-order valence-corrected chi connectivity index (χ2v) is 7.22. The summed E-state index contributed by atoms with van der Waals surface area (Å²) in [6, 6.07) is 0. The number of likely N-dealkylation sites (tertiary alicyclic amines) is 2. The standard InChI is InChI=1S/C16H30N4.HI/c1-17-15(18-11-14-5-3-9-19(2)12-14)20-10-8-16(13-20)6-4-7-16;/h14H,3-13H2,1-2H3,(H,17,18);1H. The van der Waals surface area contributed by atoms with Crippen molar-refractivity contribution in [3.8, 4) is 0 Å². The van der Waals surface area contributed by atoms with Crippen LogP contribution in [0.3, 0.4) is 0 Å². The lowest BCUT2D eigenvalue weighted by Crippen LogP contribution is -2.46. The Morgan fingerprint density at radius 1 is 1.24 bits per heavy atom. The van der Waals surface area contributed by atoms with Gasteiger partial charge in [0.25, 0.3) is 0 Å². The summed E-state index contributed by atoms with van der Waals surface area (Å²) in [7, 11) is 4.17. The smallest absolute Gasteiger partial charge is 0.193 e. The Bertz CT molecular complexity index is 367. The molecule has 1 spiro atoms. The first-order chi connectivity index (χ1) is 9.71. The predicted octanol–water partition coefficient (Wildman–Crippen LogP) is 2.40. The van der Waals surface area contributed by atoms with E-state index in [9.17, 15) is 0 Å². The van der Waals surface area contributed by atoms with E-state index in [2.05, 4.69) is 27.2 Å².